The maximum atomic E-state index is 12.7. The van der Waals surface area contributed by atoms with Crippen molar-refractivity contribution in [1.29, 1.82) is 0 Å². The van der Waals surface area contributed by atoms with E-state index in [1.54, 1.807) is 0 Å². The van der Waals surface area contributed by atoms with Crippen molar-refractivity contribution in [2.45, 2.75) is 90.4 Å². The number of nitrogens with zero attached hydrogens (tertiary/aromatic N) is 2. The summed E-state index contributed by atoms with van der Waals surface area (Å²) in [6, 6.07) is 9.32. The molecule has 0 saturated carbocycles. The molecular formula is C22H38N4O2S. The summed E-state index contributed by atoms with van der Waals surface area (Å²) in [4.78, 5) is 0. The van der Waals surface area contributed by atoms with E-state index in [1.165, 1.54) is 69.2 Å². The van der Waals surface area contributed by atoms with Crippen molar-refractivity contribution in [3.05, 3.63) is 30.3 Å². The number of amidine groups is 1. The van der Waals surface area contributed by atoms with E-state index in [0.717, 1.165) is 18.5 Å². The van der Waals surface area contributed by atoms with Gasteiger partial charge in [0.25, 0.3) is 5.17 Å². The molecule has 1 aromatic rings. The second kappa shape index (κ2) is 13.6. The molecule has 0 aliphatic carbocycles. The lowest BCUT2D eigenvalue weighted by Crippen LogP contribution is -2.44. The molecule has 0 spiro atoms. The van der Waals surface area contributed by atoms with Crippen LogP contribution in [-0.2, 0) is 9.84 Å². The fraction of sp³-hybridized carbons (Fsp3) is 0.682. The summed E-state index contributed by atoms with van der Waals surface area (Å²) in [7, 11) is -3.42. The smallest absolute Gasteiger partial charge is 0.229 e. The highest BCUT2D eigenvalue weighted by Crippen LogP contribution is 2.17. The monoisotopic (exact) mass is 422 g/mol. The van der Waals surface area contributed by atoms with Crippen LogP contribution in [0.2, 0.25) is 0 Å². The summed E-state index contributed by atoms with van der Waals surface area (Å²) < 4.78 is 25.3. The minimum atomic E-state index is -3.42. The van der Waals surface area contributed by atoms with Crippen molar-refractivity contribution in [1.82, 2.24) is 11.1 Å². The number of hydrogen-bond donors (Lipinski definition) is 2. The first-order valence-corrected chi connectivity index (χ1v) is 13.0. The van der Waals surface area contributed by atoms with Crippen molar-refractivity contribution in [2.75, 3.05) is 10.8 Å². The number of unbranched alkanes of at least 4 members (excludes halogenated alkanes) is 12. The second-order valence-electron chi connectivity index (χ2n) is 7.85. The number of sulfone groups is 1. The highest BCUT2D eigenvalue weighted by atomic mass is 32.2. The van der Waals surface area contributed by atoms with Crippen molar-refractivity contribution < 1.29 is 8.42 Å². The van der Waals surface area contributed by atoms with Gasteiger partial charge in [-0.2, -0.15) is 0 Å². The molecular weight excluding hydrogens is 384 g/mol. The van der Waals surface area contributed by atoms with Gasteiger partial charge in [-0.25, -0.2) is 19.0 Å². The third-order valence-electron chi connectivity index (χ3n) is 5.31. The van der Waals surface area contributed by atoms with Gasteiger partial charge in [0, 0.05) is 0 Å². The fourth-order valence-corrected chi connectivity index (χ4v) is 4.96. The molecule has 2 N–H and O–H groups in total. The summed E-state index contributed by atoms with van der Waals surface area (Å²) in [5, 5.41) is 5.47. The molecule has 0 atom stereocenters. The van der Waals surface area contributed by atoms with Crippen LogP contribution in [-0.4, -0.2) is 19.3 Å². The molecule has 0 fully saturated rings. The molecule has 0 aromatic heterocycles. The molecule has 6 nitrogen and oxygen atoms in total. The van der Waals surface area contributed by atoms with E-state index in [2.05, 4.69) is 23.1 Å². The minimum absolute atomic E-state index is 0.0441. The molecule has 0 bridgehead atoms. The van der Waals surface area contributed by atoms with E-state index in [0.29, 0.717) is 6.42 Å². The van der Waals surface area contributed by atoms with E-state index >= 15 is 0 Å². The Morgan fingerprint density at radius 1 is 0.793 bits per heavy atom. The highest BCUT2D eigenvalue weighted by molar-refractivity contribution is 8.06. The Morgan fingerprint density at radius 2 is 1.31 bits per heavy atom. The number of hydrazone groups is 1. The van der Waals surface area contributed by atoms with E-state index in [-0.39, 0.29) is 10.9 Å². The molecule has 29 heavy (non-hydrogen) atoms. The van der Waals surface area contributed by atoms with Crippen LogP contribution in [0.25, 0.3) is 0 Å². The van der Waals surface area contributed by atoms with Crippen LogP contribution in [0.4, 0.5) is 5.69 Å². The van der Waals surface area contributed by atoms with Crippen LogP contribution < -0.4 is 16.1 Å². The summed E-state index contributed by atoms with van der Waals surface area (Å²) in [6.45, 7) is 2.26. The standard InChI is InChI=1S/C22H38N4O2S/c1-2-3-4-5-6-7-8-9-10-11-12-13-17-20-29(27,28)22-23-24-25-26(22)21-18-15-14-16-19-21/h14-16,18-19,24-25H,2-13,17,20H2,1H3. The number of para-hydroxylation sites is 1. The Balaban J connectivity index is 1.55. The van der Waals surface area contributed by atoms with Gasteiger partial charge in [0.1, 0.15) is 0 Å². The first-order chi connectivity index (χ1) is 14.1. The van der Waals surface area contributed by atoms with Gasteiger partial charge in [0.05, 0.1) is 11.4 Å². The molecule has 0 radical (unpaired) electrons. The van der Waals surface area contributed by atoms with Crippen LogP contribution in [0.5, 0.6) is 0 Å². The Morgan fingerprint density at radius 3 is 1.86 bits per heavy atom. The van der Waals surface area contributed by atoms with E-state index in [4.69, 9.17) is 0 Å². The predicted octanol–water partition coefficient (Wildman–Crippen LogP) is 5.29. The number of hydrazine groups is 2. The van der Waals surface area contributed by atoms with Crippen molar-refractivity contribution >= 4 is 20.7 Å². The molecule has 1 aliphatic heterocycles. The number of benzene rings is 1. The molecule has 1 aliphatic rings. The predicted molar refractivity (Wildman–Crippen MR) is 122 cm³/mol. The summed E-state index contributed by atoms with van der Waals surface area (Å²) in [5.74, 6) is 0.135. The molecule has 0 saturated heterocycles. The van der Waals surface area contributed by atoms with Crippen molar-refractivity contribution in [3.8, 4) is 0 Å². The molecule has 2 rings (SSSR count). The number of rotatable bonds is 15. The van der Waals surface area contributed by atoms with Gasteiger partial charge in [-0.1, -0.05) is 102 Å². The Kier molecular flexibility index (Phi) is 11.1. The highest BCUT2D eigenvalue weighted by Gasteiger charge is 2.30. The maximum Gasteiger partial charge on any atom is 0.263 e. The van der Waals surface area contributed by atoms with E-state index < -0.39 is 9.84 Å². The quantitative estimate of drug-likeness (QED) is 0.376. The minimum Gasteiger partial charge on any atom is -0.229 e. The number of anilines is 1. The fourth-order valence-electron chi connectivity index (χ4n) is 3.58. The Labute approximate surface area is 177 Å². The molecule has 1 heterocycles. The van der Waals surface area contributed by atoms with Gasteiger partial charge < -0.3 is 0 Å². The molecule has 164 valence electrons. The normalized spacial score (nSPS) is 14.1. The second-order valence-corrected chi connectivity index (χ2v) is 9.85. The lowest BCUT2D eigenvalue weighted by atomic mass is 10.1. The van der Waals surface area contributed by atoms with Crippen LogP contribution >= 0.6 is 0 Å². The molecule has 1 aromatic carbocycles. The average molecular weight is 423 g/mol. The Hall–Kier alpha value is -1.60. The van der Waals surface area contributed by atoms with Crippen LogP contribution in [0.15, 0.2) is 35.4 Å². The number of nitrogens with one attached hydrogen (secondary N) is 2. The number of hydrogen-bond acceptors (Lipinski definition) is 6. The maximum absolute atomic E-state index is 12.7. The third-order valence-corrected chi connectivity index (χ3v) is 6.97. The zero-order valence-corrected chi connectivity index (χ0v) is 18.7. The van der Waals surface area contributed by atoms with Crippen LogP contribution in [0, 0.1) is 0 Å². The summed E-state index contributed by atoms with van der Waals surface area (Å²) in [6.07, 6.45) is 16.1. The van der Waals surface area contributed by atoms with Gasteiger partial charge in [0.15, 0.2) is 0 Å². The summed E-state index contributed by atoms with van der Waals surface area (Å²) in [5.41, 5.74) is 6.08. The van der Waals surface area contributed by atoms with Gasteiger partial charge >= 0.3 is 0 Å². The SMILES string of the molecule is CCCCCCCCCCCCCCCS(=O)(=O)C1=NNNN1c1ccccc1. The molecule has 0 unspecified atom stereocenters. The van der Waals surface area contributed by atoms with Gasteiger partial charge in [-0.05, 0) is 18.6 Å². The molecule has 0 amide bonds. The zero-order valence-electron chi connectivity index (χ0n) is 17.9. The third kappa shape index (κ3) is 8.74. The largest absolute Gasteiger partial charge is 0.263 e. The van der Waals surface area contributed by atoms with E-state index in [9.17, 15) is 8.42 Å². The van der Waals surface area contributed by atoms with E-state index in [1.807, 2.05) is 30.3 Å². The van der Waals surface area contributed by atoms with Crippen molar-refractivity contribution in [3.63, 3.8) is 0 Å². The first kappa shape index (κ1) is 23.7. The summed E-state index contributed by atoms with van der Waals surface area (Å²) >= 11 is 0. The van der Waals surface area contributed by atoms with Gasteiger partial charge in [-0.15, -0.1) is 10.6 Å². The Bertz CT molecular complexity index is 692. The van der Waals surface area contributed by atoms with Crippen LogP contribution in [0.3, 0.4) is 0 Å². The lowest BCUT2D eigenvalue weighted by molar-refractivity contribution is 0.541. The van der Waals surface area contributed by atoms with Gasteiger partial charge in [0.2, 0.25) is 9.84 Å². The first-order valence-electron chi connectivity index (χ1n) is 11.3. The zero-order chi connectivity index (χ0) is 20.8. The lowest BCUT2D eigenvalue weighted by Gasteiger charge is -2.18. The van der Waals surface area contributed by atoms with Crippen LogP contribution in [0.1, 0.15) is 90.4 Å². The topological polar surface area (TPSA) is 73.8 Å². The van der Waals surface area contributed by atoms with Crippen molar-refractivity contribution in [2.24, 2.45) is 5.10 Å². The molecule has 7 heteroatoms. The van der Waals surface area contributed by atoms with Gasteiger partial charge in [-0.3, -0.25) is 0 Å². The average Bonchev–Trinajstić information content (AvgIpc) is 3.23.